The Kier molecular flexibility index (Phi) is 4.81. The smallest absolute Gasteiger partial charge is 0.356 e. The topological polar surface area (TPSA) is 101 Å². The second kappa shape index (κ2) is 7.18. The summed E-state index contributed by atoms with van der Waals surface area (Å²) in [6, 6.07) is 9.91. The molecule has 1 amide bonds. The molecule has 7 heteroatoms. The van der Waals surface area contributed by atoms with Crippen LogP contribution in [0.15, 0.2) is 42.7 Å². The number of carboxylic acids is 1. The molecule has 0 spiro atoms. The number of amides is 1. The molecule has 2 heterocycles. The number of nitrogens with one attached hydrogen (secondary N) is 1. The van der Waals surface area contributed by atoms with Gasteiger partial charge in [-0.25, -0.2) is 14.8 Å². The third kappa shape index (κ3) is 3.57. The van der Waals surface area contributed by atoms with Gasteiger partial charge in [0.05, 0.1) is 18.5 Å². The van der Waals surface area contributed by atoms with Crippen molar-refractivity contribution in [1.29, 1.82) is 0 Å². The predicted molar refractivity (Wildman–Crippen MR) is 84.6 cm³/mol. The molecule has 124 valence electrons. The van der Waals surface area contributed by atoms with Gasteiger partial charge in [-0.1, -0.05) is 30.3 Å². The van der Waals surface area contributed by atoms with E-state index in [1.807, 2.05) is 30.3 Å². The molecule has 1 aromatic heterocycles. The van der Waals surface area contributed by atoms with E-state index >= 15 is 0 Å². The Labute approximate surface area is 138 Å². The summed E-state index contributed by atoms with van der Waals surface area (Å²) < 4.78 is 5.79. The van der Waals surface area contributed by atoms with Crippen LogP contribution in [0, 0.1) is 5.92 Å². The van der Waals surface area contributed by atoms with Crippen LogP contribution in [0.25, 0.3) is 0 Å². The first-order chi connectivity index (χ1) is 11.6. The lowest BCUT2D eigenvalue weighted by Crippen LogP contribution is -2.31. The van der Waals surface area contributed by atoms with Crippen molar-refractivity contribution in [2.24, 2.45) is 5.92 Å². The molecule has 1 aliphatic heterocycles. The van der Waals surface area contributed by atoms with Crippen molar-refractivity contribution in [2.75, 3.05) is 13.2 Å². The van der Waals surface area contributed by atoms with Crippen molar-refractivity contribution >= 4 is 11.9 Å². The maximum Gasteiger partial charge on any atom is 0.356 e. The molecule has 1 saturated heterocycles. The zero-order valence-electron chi connectivity index (χ0n) is 12.9. The molecule has 1 aromatic carbocycles. The van der Waals surface area contributed by atoms with Gasteiger partial charge in [-0.05, 0) is 12.0 Å². The molecule has 2 aromatic rings. The average Bonchev–Trinajstić information content (AvgIpc) is 3.09. The molecule has 3 rings (SSSR count). The molecular weight excluding hydrogens is 310 g/mol. The van der Waals surface area contributed by atoms with Crippen LogP contribution in [0.5, 0.6) is 0 Å². The Morgan fingerprint density at radius 3 is 2.54 bits per heavy atom. The third-order valence-electron chi connectivity index (χ3n) is 3.97. The Bertz CT molecular complexity index is 718. The van der Waals surface area contributed by atoms with Crippen LogP contribution in [0.3, 0.4) is 0 Å². The molecule has 0 radical (unpaired) electrons. The summed E-state index contributed by atoms with van der Waals surface area (Å²) in [4.78, 5) is 30.4. The minimum Gasteiger partial charge on any atom is -0.476 e. The average molecular weight is 327 g/mol. The van der Waals surface area contributed by atoms with E-state index in [-0.39, 0.29) is 29.3 Å². The summed E-state index contributed by atoms with van der Waals surface area (Å²) in [5.74, 6) is -1.37. The van der Waals surface area contributed by atoms with Gasteiger partial charge in [0, 0.05) is 19.1 Å². The van der Waals surface area contributed by atoms with E-state index in [0.29, 0.717) is 13.2 Å². The number of carbonyl (C=O) groups is 2. The minimum atomic E-state index is -1.18. The number of carbonyl (C=O) groups excluding carboxylic acids is 1. The highest BCUT2D eigenvalue weighted by molar-refractivity contribution is 5.92. The molecule has 0 saturated carbocycles. The van der Waals surface area contributed by atoms with Crippen molar-refractivity contribution in [3.8, 4) is 0 Å². The maximum absolute atomic E-state index is 12.1. The van der Waals surface area contributed by atoms with Crippen LogP contribution in [0.4, 0.5) is 0 Å². The summed E-state index contributed by atoms with van der Waals surface area (Å²) in [6.07, 6.45) is 3.07. The van der Waals surface area contributed by atoms with Gasteiger partial charge in [0.15, 0.2) is 5.69 Å². The normalized spacial score (nSPS) is 19.8. The lowest BCUT2D eigenvalue weighted by Gasteiger charge is -2.19. The lowest BCUT2D eigenvalue weighted by atomic mass is 9.95. The highest BCUT2D eigenvalue weighted by Gasteiger charge is 2.29. The highest BCUT2D eigenvalue weighted by atomic mass is 16.5. The van der Waals surface area contributed by atoms with Crippen LogP contribution < -0.4 is 5.32 Å². The molecule has 0 unspecified atom stereocenters. The number of benzene rings is 1. The Balaban J connectivity index is 1.60. The number of nitrogens with zero attached hydrogens (tertiary/aromatic N) is 2. The van der Waals surface area contributed by atoms with E-state index in [0.717, 1.165) is 18.2 Å². The number of aromatic nitrogens is 2. The fraction of sp³-hybridized carbons (Fsp3) is 0.294. The molecule has 7 nitrogen and oxygen atoms in total. The van der Waals surface area contributed by atoms with Crippen molar-refractivity contribution in [1.82, 2.24) is 15.3 Å². The van der Waals surface area contributed by atoms with Crippen molar-refractivity contribution in [3.63, 3.8) is 0 Å². The number of aromatic carboxylic acids is 1. The first kappa shape index (κ1) is 16.1. The lowest BCUT2D eigenvalue weighted by molar-refractivity contribution is 0.0688. The van der Waals surface area contributed by atoms with E-state index in [2.05, 4.69) is 15.3 Å². The van der Waals surface area contributed by atoms with E-state index in [4.69, 9.17) is 9.84 Å². The highest BCUT2D eigenvalue weighted by Crippen LogP contribution is 2.33. The second-order valence-corrected chi connectivity index (χ2v) is 5.55. The Morgan fingerprint density at radius 1 is 1.17 bits per heavy atom. The Hall–Kier alpha value is -2.80. The molecular formula is C17H17N3O4. The van der Waals surface area contributed by atoms with Crippen molar-refractivity contribution in [2.45, 2.75) is 12.5 Å². The second-order valence-electron chi connectivity index (χ2n) is 5.55. The van der Waals surface area contributed by atoms with Crippen LogP contribution in [0.2, 0.25) is 0 Å². The van der Waals surface area contributed by atoms with Crippen molar-refractivity contribution in [3.05, 3.63) is 59.7 Å². The number of carboxylic acid groups (broad SMARTS) is 1. The minimum absolute atomic E-state index is 0.0352. The van der Waals surface area contributed by atoms with E-state index < -0.39 is 5.97 Å². The third-order valence-corrected chi connectivity index (χ3v) is 3.97. The largest absolute Gasteiger partial charge is 0.476 e. The molecule has 0 bridgehead atoms. The quantitative estimate of drug-likeness (QED) is 0.866. The number of rotatable bonds is 5. The fourth-order valence-corrected chi connectivity index (χ4v) is 2.72. The van der Waals surface area contributed by atoms with Crippen LogP contribution in [-0.2, 0) is 4.74 Å². The summed E-state index contributed by atoms with van der Waals surface area (Å²) in [7, 11) is 0. The van der Waals surface area contributed by atoms with E-state index in [1.165, 1.54) is 6.20 Å². The zero-order chi connectivity index (χ0) is 16.9. The molecule has 1 aliphatic rings. The van der Waals surface area contributed by atoms with Gasteiger partial charge in [-0.3, -0.25) is 4.79 Å². The summed E-state index contributed by atoms with van der Waals surface area (Å²) in [5, 5.41) is 11.6. The van der Waals surface area contributed by atoms with E-state index in [9.17, 15) is 9.59 Å². The van der Waals surface area contributed by atoms with Gasteiger partial charge in [0.2, 0.25) is 0 Å². The fourth-order valence-electron chi connectivity index (χ4n) is 2.72. The maximum atomic E-state index is 12.1. The van der Waals surface area contributed by atoms with Crippen LogP contribution in [0.1, 0.15) is 39.1 Å². The molecule has 1 fully saturated rings. The monoisotopic (exact) mass is 327 g/mol. The van der Waals surface area contributed by atoms with Gasteiger partial charge in [-0.15, -0.1) is 0 Å². The van der Waals surface area contributed by atoms with Crippen molar-refractivity contribution < 1.29 is 19.4 Å². The number of hydrogen-bond acceptors (Lipinski definition) is 5. The summed E-state index contributed by atoms with van der Waals surface area (Å²) in [5.41, 5.74) is 0.995. The first-order valence-corrected chi connectivity index (χ1v) is 7.65. The van der Waals surface area contributed by atoms with Gasteiger partial charge in [0.25, 0.3) is 5.91 Å². The van der Waals surface area contributed by atoms with E-state index in [1.54, 1.807) is 0 Å². The number of ether oxygens (including phenoxy) is 1. The summed E-state index contributed by atoms with van der Waals surface area (Å²) in [6.45, 7) is 1.12. The van der Waals surface area contributed by atoms with Crippen LogP contribution >= 0.6 is 0 Å². The van der Waals surface area contributed by atoms with Gasteiger partial charge in [0.1, 0.15) is 5.69 Å². The van der Waals surface area contributed by atoms with Gasteiger partial charge in [-0.2, -0.15) is 0 Å². The summed E-state index contributed by atoms with van der Waals surface area (Å²) >= 11 is 0. The number of hydrogen-bond donors (Lipinski definition) is 2. The molecule has 24 heavy (non-hydrogen) atoms. The molecule has 2 atom stereocenters. The Morgan fingerprint density at radius 2 is 1.88 bits per heavy atom. The SMILES string of the molecule is O=C(O)c1cnc(C(=O)NC[C@@H]2CCO[C@H]2c2ccccc2)cn1. The van der Waals surface area contributed by atoms with Gasteiger partial charge < -0.3 is 15.2 Å². The standard InChI is InChI=1S/C17H17N3O4/c21-16(13-9-19-14(10-18-13)17(22)23)20-8-12-6-7-24-15(12)11-4-2-1-3-5-11/h1-5,9-10,12,15H,6-8H2,(H,20,21)(H,22,23)/t12-,15-/m0/s1. The zero-order valence-corrected chi connectivity index (χ0v) is 12.9. The molecule has 0 aliphatic carbocycles. The predicted octanol–water partition coefficient (Wildman–Crippen LogP) is 1.68. The molecule has 2 N–H and O–H groups in total. The van der Waals surface area contributed by atoms with Gasteiger partial charge >= 0.3 is 5.97 Å². The first-order valence-electron chi connectivity index (χ1n) is 7.65. The van der Waals surface area contributed by atoms with Crippen LogP contribution in [-0.4, -0.2) is 40.1 Å².